The Morgan fingerprint density at radius 1 is 1.35 bits per heavy atom. The summed E-state index contributed by atoms with van der Waals surface area (Å²) in [6.45, 7) is 2.58. The Bertz CT molecular complexity index is 570. The van der Waals surface area contributed by atoms with Crippen molar-refractivity contribution in [3.8, 4) is 5.75 Å². The molecule has 0 bridgehead atoms. The molecule has 5 heteroatoms. The fourth-order valence-corrected chi connectivity index (χ4v) is 2.81. The van der Waals surface area contributed by atoms with Crippen molar-refractivity contribution < 1.29 is 4.74 Å². The third kappa shape index (κ3) is 2.81. The first-order valence-electron chi connectivity index (χ1n) is 6.82. The number of hydrogen-bond donors (Lipinski definition) is 0. The number of likely N-dealkylation sites (tertiary alicyclic amines) is 1. The summed E-state index contributed by atoms with van der Waals surface area (Å²) in [4.78, 5) is 2.28. The maximum atomic E-state index is 6.38. The van der Waals surface area contributed by atoms with E-state index < -0.39 is 0 Å². The van der Waals surface area contributed by atoms with Crippen LogP contribution < -0.4 is 4.74 Å². The topological polar surface area (TPSA) is 30.3 Å². The Morgan fingerprint density at radius 3 is 2.85 bits per heavy atom. The Kier molecular flexibility index (Phi) is 3.94. The number of likely N-dealkylation sites (N-methyl/N-ethyl adjacent to an activating group) is 1. The van der Waals surface area contributed by atoms with Crippen LogP contribution in [0.3, 0.4) is 0 Å². The lowest BCUT2D eigenvalue weighted by Crippen LogP contribution is -2.17. The fourth-order valence-electron chi connectivity index (χ4n) is 2.53. The van der Waals surface area contributed by atoms with Crippen LogP contribution in [0, 0.1) is 0 Å². The van der Waals surface area contributed by atoms with E-state index in [1.54, 1.807) is 6.20 Å². The molecule has 106 valence electrons. The third-order valence-electron chi connectivity index (χ3n) is 3.65. The Balaban J connectivity index is 1.68. The highest BCUT2D eigenvalue weighted by Crippen LogP contribution is 2.30. The summed E-state index contributed by atoms with van der Waals surface area (Å²) >= 11 is 6.38. The smallest absolute Gasteiger partial charge is 0.176 e. The lowest BCUT2D eigenvalue weighted by Gasteiger charge is -2.12. The highest BCUT2D eigenvalue weighted by molar-refractivity contribution is 6.31. The number of nitrogens with zero attached hydrogens (tertiary/aromatic N) is 3. The van der Waals surface area contributed by atoms with E-state index in [1.807, 2.05) is 35.0 Å². The average Bonchev–Trinajstić information content (AvgIpc) is 3.04. The van der Waals surface area contributed by atoms with Gasteiger partial charge < -0.3 is 9.64 Å². The second-order valence-corrected chi connectivity index (χ2v) is 5.58. The highest BCUT2D eigenvalue weighted by Gasteiger charge is 2.24. The number of halogens is 1. The molecule has 1 aliphatic rings. The maximum Gasteiger partial charge on any atom is 0.176 e. The molecule has 2 aromatic rings. The number of aromatic nitrogens is 2. The maximum absolute atomic E-state index is 6.38. The van der Waals surface area contributed by atoms with E-state index in [4.69, 9.17) is 16.3 Å². The van der Waals surface area contributed by atoms with Gasteiger partial charge in [0.25, 0.3) is 0 Å². The summed E-state index contributed by atoms with van der Waals surface area (Å²) in [7, 11) is 2.12. The van der Waals surface area contributed by atoms with Crippen molar-refractivity contribution in [2.75, 3.05) is 20.1 Å². The first-order chi connectivity index (χ1) is 9.74. The monoisotopic (exact) mass is 291 g/mol. The van der Waals surface area contributed by atoms with Gasteiger partial charge in [-0.3, -0.25) is 0 Å². The van der Waals surface area contributed by atoms with E-state index in [2.05, 4.69) is 17.0 Å². The van der Waals surface area contributed by atoms with Gasteiger partial charge in [0.15, 0.2) is 10.9 Å². The molecule has 4 nitrogen and oxygen atoms in total. The molecule has 1 fully saturated rings. The van der Waals surface area contributed by atoms with Crippen LogP contribution >= 0.6 is 11.6 Å². The quantitative estimate of drug-likeness (QED) is 0.867. The van der Waals surface area contributed by atoms with Gasteiger partial charge in [0.1, 0.15) is 6.61 Å². The molecule has 20 heavy (non-hydrogen) atoms. The molecule has 1 saturated heterocycles. The molecule has 0 amide bonds. The van der Waals surface area contributed by atoms with Gasteiger partial charge in [-0.2, -0.15) is 5.10 Å². The minimum Gasteiger partial charge on any atom is -0.484 e. The summed E-state index contributed by atoms with van der Waals surface area (Å²) in [5.41, 5.74) is 1.12. The van der Waals surface area contributed by atoms with Crippen LogP contribution in [-0.4, -0.2) is 34.8 Å². The number of rotatable bonds is 4. The van der Waals surface area contributed by atoms with Crippen LogP contribution in [-0.2, 0) is 6.61 Å². The minimum atomic E-state index is 0.349. The number of ether oxygens (including phenoxy) is 1. The molecule has 0 N–H and O–H groups in total. The molecule has 1 atom stereocenters. The van der Waals surface area contributed by atoms with Crippen LogP contribution in [0.15, 0.2) is 36.5 Å². The van der Waals surface area contributed by atoms with Crippen LogP contribution in [0.1, 0.15) is 18.0 Å². The highest BCUT2D eigenvalue weighted by atomic mass is 35.5. The van der Waals surface area contributed by atoms with Crippen LogP contribution in [0.2, 0.25) is 5.15 Å². The van der Waals surface area contributed by atoms with E-state index in [-0.39, 0.29) is 0 Å². The molecule has 0 aliphatic carbocycles. The number of benzene rings is 1. The Labute approximate surface area is 123 Å². The third-order valence-corrected chi connectivity index (χ3v) is 4.01. The molecule has 0 spiro atoms. The second kappa shape index (κ2) is 5.85. The van der Waals surface area contributed by atoms with Crippen molar-refractivity contribution in [1.29, 1.82) is 0 Å². The fraction of sp³-hybridized carbons (Fsp3) is 0.400. The summed E-state index contributed by atoms with van der Waals surface area (Å²) in [6, 6.07) is 10.4. The first kappa shape index (κ1) is 13.5. The molecular weight excluding hydrogens is 274 g/mol. The minimum absolute atomic E-state index is 0.349. The van der Waals surface area contributed by atoms with Gasteiger partial charge in [-0.1, -0.05) is 41.9 Å². The van der Waals surface area contributed by atoms with Gasteiger partial charge >= 0.3 is 0 Å². The van der Waals surface area contributed by atoms with E-state index in [0.717, 1.165) is 25.1 Å². The SMILES string of the molecule is CN1CCC(n2ncc(OCc3ccccc3)c2Cl)C1. The lowest BCUT2D eigenvalue weighted by atomic mass is 10.2. The lowest BCUT2D eigenvalue weighted by molar-refractivity contribution is 0.305. The van der Waals surface area contributed by atoms with Gasteiger partial charge in [-0.05, 0) is 25.6 Å². The van der Waals surface area contributed by atoms with Gasteiger partial charge in [-0.15, -0.1) is 0 Å². The van der Waals surface area contributed by atoms with Crippen LogP contribution in [0.5, 0.6) is 5.75 Å². The second-order valence-electron chi connectivity index (χ2n) is 5.22. The zero-order chi connectivity index (χ0) is 13.9. The molecule has 1 aromatic carbocycles. The van der Waals surface area contributed by atoms with Crippen molar-refractivity contribution >= 4 is 11.6 Å². The van der Waals surface area contributed by atoms with Crippen molar-refractivity contribution in [2.45, 2.75) is 19.1 Å². The summed E-state index contributed by atoms with van der Waals surface area (Å²) in [5.74, 6) is 0.657. The van der Waals surface area contributed by atoms with Crippen LogP contribution in [0.4, 0.5) is 0 Å². The van der Waals surface area contributed by atoms with Gasteiger partial charge in [0.2, 0.25) is 0 Å². The predicted molar refractivity (Wildman–Crippen MR) is 79.2 cm³/mol. The van der Waals surface area contributed by atoms with Crippen molar-refractivity contribution in [3.63, 3.8) is 0 Å². The summed E-state index contributed by atoms with van der Waals surface area (Å²) in [5, 5.41) is 4.98. The molecule has 0 saturated carbocycles. The normalized spacial score (nSPS) is 19.4. The van der Waals surface area contributed by atoms with Crippen molar-refractivity contribution in [2.24, 2.45) is 0 Å². The van der Waals surface area contributed by atoms with Crippen molar-refractivity contribution in [3.05, 3.63) is 47.2 Å². The molecule has 0 radical (unpaired) electrons. The summed E-state index contributed by atoms with van der Waals surface area (Å²) in [6.07, 6.45) is 2.79. The first-order valence-corrected chi connectivity index (χ1v) is 7.20. The zero-order valence-electron chi connectivity index (χ0n) is 11.5. The largest absolute Gasteiger partial charge is 0.484 e. The van der Waals surface area contributed by atoms with Gasteiger partial charge in [0, 0.05) is 6.54 Å². The predicted octanol–water partition coefficient (Wildman–Crippen LogP) is 2.99. The molecule has 3 rings (SSSR count). The van der Waals surface area contributed by atoms with E-state index in [1.165, 1.54) is 0 Å². The molecule has 1 aromatic heterocycles. The number of hydrogen-bond acceptors (Lipinski definition) is 3. The van der Waals surface area contributed by atoms with E-state index in [0.29, 0.717) is 23.6 Å². The van der Waals surface area contributed by atoms with Crippen LogP contribution in [0.25, 0.3) is 0 Å². The molecule has 1 aliphatic heterocycles. The molecule has 1 unspecified atom stereocenters. The van der Waals surface area contributed by atoms with E-state index in [9.17, 15) is 0 Å². The van der Waals surface area contributed by atoms with E-state index >= 15 is 0 Å². The summed E-state index contributed by atoms with van der Waals surface area (Å²) < 4.78 is 7.64. The average molecular weight is 292 g/mol. The van der Waals surface area contributed by atoms with Crippen molar-refractivity contribution in [1.82, 2.24) is 14.7 Å². The standard InChI is InChI=1S/C15H18ClN3O/c1-18-8-7-13(10-18)19-15(16)14(9-17-19)20-11-12-5-3-2-4-6-12/h2-6,9,13H,7-8,10-11H2,1H3. The van der Waals surface area contributed by atoms with Gasteiger partial charge in [-0.25, -0.2) is 4.68 Å². The van der Waals surface area contributed by atoms with Gasteiger partial charge in [0.05, 0.1) is 12.2 Å². The molecular formula is C15H18ClN3O. The Morgan fingerprint density at radius 2 is 2.15 bits per heavy atom. The molecule has 2 heterocycles. The Hall–Kier alpha value is -1.52. The zero-order valence-corrected chi connectivity index (χ0v) is 12.3.